The zero-order chi connectivity index (χ0) is 13.8. The molecule has 3 N–H and O–H groups in total. The molecule has 1 atom stereocenters. The fraction of sp³-hybridized carbons (Fsp3) is 0.462. The molecule has 0 aliphatic carbocycles. The highest BCUT2D eigenvalue weighted by Gasteiger charge is 2.07. The van der Waals surface area contributed by atoms with Crippen molar-refractivity contribution in [3.63, 3.8) is 0 Å². The third kappa shape index (κ3) is 3.66. The predicted octanol–water partition coefficient (Wildman–Crippen LogP) is -0.0514. The van der Waals surface area contributed by atoms with Crippen LogP contribution in [0.2, 0.25) is 0 Å². The van der Waals surface area contributed by atoms with E-state index in [0.717, 1.165) is 18.5 Å². The van der Waals surface area contributed by atoms with Crippen LogP contribution in [0.25, 0.3) is 11.1 Å². The van der Waals surface area contributed by atoms with Gasteiger partial charge in [-0.25, -0.2) is 4.79 Å². The van der Waals surface area contributed by atoms with Crippen LogP contribution in [0.15, 0.2) is 27.4 Å². The van der Waals surface area contributed by atoms with Crippen molar-refractivity contribution in [2.24, 2.45) is 0 Å². The summed E-state index contributed by atoms with van der Waals surface area (Å²) in [5.74, 6) is -0.449. The van der Waals surface area contributed by atoms with Crippen LogP contribution in [0, 0.1) is 0 Å². The summed E-state index contributed by atoms with van der Waals surface area (Å²) in [4.78, 5) is 15.6. The summed E-state index contributed by atoms with van der Waals surface area (Å²) in [5, 5.41) is 18.1. The fourth-order valence-corrected chi connectivity index (χ4v) is 1.97. The molecule has 2 rings (SSSR count). The lowest BCUT2D eigenvalue weighted by molar-refractivity contribution is 0.0669. The van der Waals surface area contributed by atoms with E-state index in [2.05, 4.69) is 4.98 Å². The molecule has 6 nitrogen and oxygen atoms in total. The van der Waals surface area contributed by atoms with Gasteiger partial charge in [0, 0.05) is 13.1 Å². The molecule has 0 amide bonds. The van der Waals surface area contributed by atoms with E-state index in [0.29, 0.717) is 17.6 Å². The Morgan fingerprint density at radius 2 is 2.26 bits per heavy atom. The number of benzene rings is 1. The maximum Gasteiger partial charge on any atom is 0.417 e. The van der Waals surface area contributed by atoms with E-state index in [1.54, 1.807) is 0 Å². The zero-order valence-corrected chi connectivity index (χ0v) is 10.8. The first-order chi connectivity index (χ1) is 9.08. The Labute approximate surface area is 110 Å². The molecule has 0 saturated carbocycles. The second-order valence-corrected chi connectivity index (χ2v) is 4.69. The molecule has 0 radical (unpaired) electrons. The molecule has 0 spiro atoms. The van der Waals surface area contributed by atoms with Crippen molar-refractivity contribution in [1.82, 2.24) is 9.88 Å². The van der Waals surface area contributed by atoms with Gasteiger partial charge in [0.05, 0.1) is 18.2 Å². The number of aliphatic hydroxyl groups excluding tert-OH is 2. The van der Waals surface area contributed by atoms with E-state index >= 15 is 0 Å². The number of nitrogens with zero attached hydrogens (tertiary/aromatic N) is 1. The standard InChI is InChI=1S/C13H18N2O4/c1-15(7-10(17)8-16)5-4-9-2-3-11-12(6-9)19-13(18)14-11/h2-3,6,10,16-17H,4-5,7-8H2,1H3,(H,14,18). The number of hydrogen-bond donors (Lipinski definition) is 3. The molecule has 19 heavy (non-hydrogen) atoms. The van der Waals surface area contributed by atoms with Crippen molar-refractivity contribution < 1.29 is 14.6 Å². The van der Waals surface area contributed by atoms with E-state index in [-0.39, 0.29) is 6.61 Å². The molecule has 1 unspecified atom stereocenters. The molecule has 0 fully saturated rings. The predicted molar refractivity (Wildman–Crippen MR) is 71.1 cm³/mol. The Kier molecular flexibility index (Phi) is 4.36. The normalized spacial score (nSPS) is 13.3. The summed E-state index contributed by atoms with van der Waals surface area (Å²) in [6.07, 6.45) is 0.0645. The van der Waals surface area contributed by atoms with Crippen LogP contribution >= 0.6 is 0 Å². The van der Waals surface area contributed by atoms with Gasteiger partial charge >= 0.3 is 5.76 Å². The average Bonchev–Trinajstić information content (AvgIpc) is 2.75. The summed E-state index contributed by atoms with van der Waals surface area (Å²) >= 11 is 0. The van der Waals surface area contributed by atoms with Crippen LogP contribution in [0.4, 0.5) is 0 Å². The van der Waals surface area contributed by atoms with Crippen molar-refractivity contribution in [3.8, 4) is 0 Å². The Morgan fingerprint density at radius 3 is 3.00 bits per heavy atom. The molecule has 2 aromatic rings. The number of hydrogen-bond acceptors (Lipinski definition) is 5. The number of nitrogens with one attached hydrogen (secondary N) is 1. The van der Waals surface area contributed by atoms with Crippen molar-refractivity contribution in [1.29, 1.82) is 0 Å². The molecule has 1 aromatic heterocycles. The van der Waals surface area contributed by atoms with E-state index < -0.39 is 11.9 Å². The second kappa shape index (κ2) is 6.01. The lowest BCUT2D eigenvalue weighted by atomic mass is 10.1. The van der Waals surface area contributed by atoms with E-state index in [4.69, 9.17) is 9.52 Å². The molecule has 104 valence electrons. The quantitative estimate of drug-likeness (QED) is 0.682. The van der Waals surface area contributed by atoms with Crippen molar-refractivity contribution in [2.45, 2.75) is 12.5 Å². The van der Waals surface area contributed by atoms with Gasteiger partial charge in [-0.3, -0.25) is 4.98 Å². The highest BCUT2D eigenvalue weighted by atomic mass is 16.4. The molecule has 0 aliphatic heterocycles. The third-order valence-electron chi connectivity index (χ3n) is 3.00. The maximum absolute atomic E-state index is 11.0. The molecule has 0 aliphatic rings. The third-order valence-corrected chi connectivity index (χ3v) is 3.00. The summed E-state index contributed by atoms with van der Waals surface area (Å²) in [7, 11) is 1.88. The van der Waals surface area contributed by atoms with Crippen LogP contribution < -0.4 is 5.76 Å². The molecule has 6 heteroatoms. The van der Waals surface area contributed by atoms with Gasteiger partial charge in [-0.05, 0) is 31.2 Å². The van der Waals surface area contributed by atoms with Gasteiger partial charge < -0.3 is 19.5 Å². The molecule has 1 heterocycles. The lowest BCUT2D eigenvalue weighted by Crippen LogP contribution is -2.32. The number of aliphatic hydroxyl groups is 2. The van der Waals surface area contributed by atoms with Crippen LogP contribution in [-0.2, 0) is 6.42 Å². The van der Waals surface area contributed by atoms with Gasteiger partial charge in [0.2, 0.25) is 0 Å². The molecule has 0 saturated heterocycles. The highest BCUT2D eigenvalue weighted by Crippen LogP contribution is 2.13. The Balaban J connectivity index is 1.95. The summed E-state index contributed by atoms with van der Waals surface area (Å²) in [5.41, 5.74) is 2.30. The summed E-state index contributed by atoms with van der Waals surface area (Å²) in [6.45, 7) is 0.944. The number of aromatic amines is 1. The number of oxazole rings is 1. The SMILES string of the molecule is CN(CCc1ccc2[nH]c(=O)oc2c1)CC(O)CO. The number of rotatable bonds is 6. The summed E-state index contributed by atoms with van der Waals surface area (Å²) in [6, 6.07) is 5.59. The Bertz CT molecular complexity index is 590. The minimum absolute atomic E-state index is 0.231. The van der Waals surface area contributed by atoms with Crippen LogP contribution in [-0.4, -0.2) is 52.9 Å². The molecule has 1 aromatic carbocycles. The second-order valence-electron chi connectivity index (χ2n) is 4.69. The smallest absolute Gasteiger partial charge is 0.408 e. The Hall–Kier alpha value is -1.63. The van der Waals surface area contributed by atoms with E-state index in [1.807, 2.05) is 30.1 Å². The van der Waals surface area contributed by atoms with Gasteiger partial charge in [0.1, 0.15) is 0 Å². The minimum atomic E-state index is -0.713. The maximum atomic E-state index is 11.0. The van der Waals surface area contributed by atoms with Crippen molar-refractivity contribution in [2.75, 3.05) is 26.7 Å². The van der Waals surface area contributed by atoms with Crippen LogP contribution in [0.3, 0.4) is 0 Å². The molecular weight excluding hydrogens is 248 g/mol. The fourth-order valence-electron chi connectivity index (χ4n) is 1.97. The first kappa shape index (κ1) is 13.8. The van der Waals surface area contributed by atoms with Gasteiger partial charge in [-0.1, -0.05) is 6.07 Å². The molecule has 0 bridgehead atoms. The first-order valence-corrected chi connectivity index (χ1v) is 6.17. The van der Waals surface area contributed by atoms with Crippen molar-refractivity contribution in [3.05, 3.63) is 34.3 Å². The first-order valence-electron chi connectivity index (χ1n) is 6.17. The largest absolute Gasteiger partial charge is 0.417 e. The van der Waals surface area contributed by atoms with E-state index in [9.17, 15) is 9.90 Å². The number of fused-ring (bicyclic) bond motifs is 1. The zero-order valence-electron chi connectivity index (χ0n) is 10.8. The van der Waals surface area contributed by atoms with Gasteiger partial charge in [0.25, 0.3) is 0 Å². The highest BCUT2D eigenvalue weighted by molar-refractivity contribution is 5.72. The van der Waals surface area contributed by atoms with E-state index in [1.165, 1.54) is 0 Å². The number of likely N-dealkylation sites (N-methyl/N-ethyl adjacent to an activating group) is 1. The average molecular weight is 266 g/mol. The lowest BCUT2D eigenvalue weighted by Gasteiger charge is -2.19. The van der Waals surface area contributed by atoms with Gasteiger partial charge in [-0.2, -0.15) is 0 Å². The minimum Gasteiger partial charge on any atom is -0.408 e. The van der Waals surface area contributed by atoms with Gasteiger partial charge in [-0.15, -0.1) is 0 Å². The van der Waals surface area contributed by atoms with Crippen LogP contribution in [0.1, 0.15) is 5.56 Å². The molecular formula is C13H18N2O4. The van der Waals surface area contributed by atoms with Crippen molar-refractivity contribution >= 4 is 11.1 Å². The van der Waals surface area contributed by atoms with Crippen LogP contribution in [0.5, 0.6) is 0 Å². The number of H-pyrrole nitrogens is 1. The Morgan fingerprint density at radius 1 is 1.47 bits per heavy atom. The summed E-state index contributed by atoms with van der Waals surface area (Å²) < 4.78 is 5.00. The number of aromatic nitrogens is 1. The topological polar surface area (TPSA) is 89.7 Å². The monoisotopic (exact) mass is 266 g/mol. The van der Waals surface area contributed by atoms with Gasteiger partial charge in [0.15, 0.2) is 5.58 Å².